The molecule has 0 radical (unpaired) electrons. The van der Waals surface area contributed by atoms with E-state index < -0.39 is 0 Å². The summed E-state index contributed by atoms with van der Waals surface area (Å²) in [5.41, 5.74) is 0.501. The monoisotopic (exact) mass is 374 g/mol. The quantitative estimate of drug-likeness (QED) is 0.705. The number of hydrogen-bond donors (Lipinski definition) is 0. The number of nitrogens with zero attached hydrogens (tertiary/aromatic N) is 2. The van der Waals surface area contributed by atoms with Gasteiger partial charge in [-0.1, -0.05) is 27.7 Å². The summed E-state index contributed by atoms with van der Waals surface area (Å²) in [5.74, 6) is 4.43. The summed E-state index contributed by atoms with van der Waals surface area (Å²) in [6.45, 7) is 13.6. The fraction of sp³-hybridized carbons (Fsp3) is 0.958. The zero-order chi connectivity index (χ0) is 19.2. The van der Waals surface area contributed by atoms with Crippen molar-refractivity contribution in [2.45, 2.75) is 85.1 Å². The van der Waals surface area contributed by atoms with Crippen LogP contribution in [0.4, 0.5) is 0 Å². The number of hydrogen-bond acceptors (Lipinski definition) is 2. The van der Waals surface area contributed by atoms with E-state index in [2.05, 4.69) is 23.6 Å². The molecule has 2 aliphatic heterocycles. The molecule has 2 heterocycles. The summed E-state index contributed by atoms with van der Waals surface area (Å²) in [6.07, 6.45) is 11.5. The number of carbonyl (C=O) groups is 1. The third-order valence-electron chi connectivity index (χ3n) is 8.71. The number of likely N-dealkylation sites (tertiary alicyclic amines) is 2. The Morgan fingerprint density at radius 1 is 0.852 bits per heavy atom. The van der Waals surface area contributed by atoms with E-state index in [1.165, 1.54) is 64.5 Å². The van der Waals surface area contributed by atoms with Crippen LogP contribution in [0.2, 0.25) is 0 Å². The van der Waals surface area contributed by atoms with Crippen molar-refractivity contribution in [2.24, 2.45) is 35.0 Å². The van der Waals surface area contributed by atoms with E-state index in [0.717, 1.165) is 42.8 Å². The molecule has 0 aromatic rings. The number of rotatable bonds is 4. The van der Waals surface area contributed by atoms with Gasteiger partial charge in [0.25, 0.3) is 0 Å². The average Bonchev–Trinajstić information content (AvgIpc) is 2.59. The predicted octanol–water partition coefficient (Wildman–Crippen LogP) is 4.81. The molecular weight excluding hydrogens is 332 g/mol. The highest BCUT2D eigenvalue weighted by molar-refractivity contribution is 5.79. The van der Waals surface area contributed by atoms with Gasteiger partial charge in [0, 0.05) is 30.5 Å². The molecule has 2 saturated carbocycles. The lowest BCUT2D eigenvalue weighted by molar-refractivity contribution is -0.161. The lowest BCUT2D eigenvalue weighted by atomic mass is 9.59. The van der Waals surface area contributed by atoms with Crippen LogP contribution in [0.3, 0.4) is 0 Å². The first-order valence-corrected chi connectivity index (χ1v) is 11.9. The first-order valence-electron chi connectivity index (χ1n) is 11.9. The smallest absolute Gasteiger partial charge is 0.225 e. The average molecular weight is 375 g/mol. The van der Waals surface area contributed by atoms with Gasteiger partial charge in [0.15, 0.2) is 0 Å². The number of carbonyl (C=O) groups excluding carboxylic acids is 1. The molecule has 4 fully saturated rings. The van der Waals surface area contributed by atoms with Crippen molar-refractivity contribution in [3.05, 3.63) is 0 Å². The minimum atomic E-state index is 0.160. The van der Waals surface area contributed by atoms with Crippen LogP contribution in [0.15, 0.2) is 0 Å². The molecule has 0 aromatic carbocycles. The first-order chi connectivity index (χ1) is 12.9. The number of piperidine rings is 1. The lowest BCUT2D eigenvalue weighted by Crippen LogP contribution is -2.68. The molecule has 0 aromatic heterocycles. The summed E-state index contributed by atoms with van der Waals surface area (Å²) in [4.78, 5) is 17.0. The highest BCUT2D eigenvalue weighted by Crippen LogP contribution is 2.51. The molecule has 27 heavy (non-hydrogen) atoms. The standard InChI is InChI=1S/C24H42N2O/c1-17(2)19-5-7-20(8-6-19)21-9-11-25(12-10-21)22-13-24(14-22)15-26(16-24)23(27)18(3)4/h17-22H,5-16H2,1-4H3. The van der Waals surface area contributed by atoms with Crippen LogP contribution >= 0.6 is 0 Å². The Balaban J connectivity index is 1.16. The van der Waals surface area contributed by atoms with Gasteiger partial charge < -0.3 is 9.80 Å². The van der Waals surface area contributed by atoms with Gasteiger partial charge in [-0.15, -0.1) is 0 Å². The Kier molecular flexibility index (Phi) is 5.62. The van der Waals surface area contributed by atoms with Crippen LogP contribution < -0.4 is 0 Å². The number of amides is 1. The molecule has 3 heteroatoms. The Bertz CT molecular complexity index is 512. The predicted molar refractivity (Wildman–Crippen MR) is 111 cm³/mol. The third kappa shape index (κ3) is 3.95. The Morgan fingerprint density at radius 3 is 1.93 bits per heavy atom. The maximum Gasteiger partial charge on any atom is 0.225 e. The minimum Gasteiger partial charge on any atom is -0.341 e. The van der Waals surface area contributed by atoms with Crippen molar-refractivity contribution in [3.8, 4) is 0 Å². The van der Waals surface area contributed by atoms with E-state index in [4.69, 9.17) is 0 Å². The first kappa shape index (κ1) is 19.7. The molecule has 4 aliphatic rings. The van der Waals surface area contributed by atoms with Gasteiger partial charge in [0.1, 0.15) is 0 Å². The molecule has 2 aliphatic carbocycles. The second-order valence-electron chi connectivity index (χ2n) is 11.2. The van der Waals surface area contributed by atoms with Crippen molar-refractivity contribution in [1.29, 1.82) is 0 Å². The van der Waals surface area contributed by atoms with E-state index in [0.29, 0.717) is 11.3 Å². The summed E-state index contributed by atoms with van der Waals surface area (Å²) < 4.78 is 0. The van der Waals surface area contributed by atoms with Crippen LogP contribution in [-0.4, -0.2) is 47.9 Å². The molecule has 2 saturated heterocycles. The maximum absolute atomic E-state index is 12.1. The van der Waals surface area contributed by atoms with Gasteiger partial charge in [-0.2, -0.15) is 0 Å². The molecular formula is C24H42N2O. The van der Waals surface area contributed by atoms with Gasteiger partial charge in [0.2, 0.25) is 5.91 Å². The van der Waals surface area contributed by atoms with Gasteiger partial charge in [-0.3, -0.25) is 4.79 Å². The Morgan fingerprint density at radius 2 is 1.41 bits per heavy atom. The summed E-state index contributed by atoms with van der Waals surface area (Å²) in [7, 11) is 0. The highest BCUT2D eigenvalue weighted by atomic mass is 16.2. The van der Waals surface area contributed by atoms with Gasteiger partial charge >= 0.3 is 0 Å². The maximum atomic E-state index is 12.1. The summed E-state index contributed by atoms with van der Waals surface area (Å²) in [5, 5.41) is 0. The zero-order valence-electron chi connectivity index (χ0n) is 18.3. The molecule has 0 N–H and O–H groups in total. The van der Waals surface area contributed by atoms with E-state index >= 15 is 0 Å². The van der Waals surface area contributed by atoms with Gasteiger partial charge in [-0.05, 0) is 88.1 Å². The Labute approximate surface area is 167 Å². The van der Waals surface area contributed by atoms with Crippen LogP contribution in [-0.2, 0) is 4.79 Å². The molecule has 0 unspecified atom stereocenters. The van der Waals surface area contributed by atoms with Crippen LogP contribution in [0.1, 0.15) is 79.1 Å². The van der Waals surface area contributed by atoms with Gasteiger partial charge in [0.05, 0.1) is 0 Å². The fourth-order valence-electron chi connectivity index (χ4n) is 6.78. The molecule has 0 bridgehead atoms. The van der Waals surface area contributed by atoms with Crippen molar-refractivity contribution >= 4 is 5.91 Å². The fourth-order valence-corrected chi connectivity index (χ4v) is 6.78. The molecule has 0 atom stereocenters. The largest absolute Gasteiger partial charge is 0.341 e. The van der Waals surface area contributed by atoms with Crippen LogP contribution in [0.5, 0.6) is 0 Å². The van der Waals surface area contributed by atoms with E-state index in [-0.39, 0.29) is 5.92 Å². The normalized spacial score (nSPS) is 32.7. The topological polar surface area (TPSA) is 23.6 Å². The van der Waals surface area contributed by atoms with Gasteiger partial charge in [-0.25, -0.2) is 0 Å². The van der Waals surface area contributed by atoms with Crippen molar-refractivity contribution in [1.82, 2.24) is 9.80 Å². The highest BCUT2D eigenvalue weighted by Gasteiger charge is 2.55. The van der Waals surface area contributed by atoms with E-state index in [1.807, 2.05) is 13.8 Å². The summed E-state index contributed by atoms with van der Waals surface area (Å²) in [6, 6.07) is 0.818. The SMILES string of the molecule is CC(C)C(=O)N1CC2(CC(N3CCC(C4CCC(C(C)C)CC4)CC3)C2)C1. The van der Waals surface area contributed by atoms with Crippen LogP contribution in [0, 0.1) is 35.0 Å². The van der Waals surface area contributed by atoms with Crippen molar-refractivity contribution in [3.63, 3.8) is 0 Å². The Hall–Kier alpha value is -0.570. The van der Waals surface area contributed by atoms with E-state index in [9.17, 15) is 4.79 Å². The molecule has 1 amide bonds. The molecule has 3 nitrogen and oxygen atoms in total. The van der Waals surface area contributed by atoms with Crippen LogP contribution in [0.25, 0.3) is 0 Å². The molecule has 1 spiro atoms. The van der Waals surface area contributed by atoms with Crippen molar-refractivity contribution < 1.29 is 4.79 Å². The third-order valence-corrected chi connectivity index (χ3v) is 8.71. The second kappa shape index (κ2) is 7.69. The zero-order valence-corrected chi connectivity index (χ0v) is 18.3. The minimum absolute atomic E-state index is 0.160. The lowest BCUT2D eigenvalue weighted by Gasteiger charge is -2.62. The summed E-state index contributed by atoms with van der Waals surface area (Å²) >= 11 is 0. The molecule has 4 rings (SSSR count). The van der Waals surface area contributed by atoms with Crippen molar-refractivity contribution in [2.75, 3.05) is 26.2 Å². The van der Waals surface area contributed by atoms with E-state index in [1.54, 1.807) is 0 Å². The second-order valence-corrected chi connectivity index (χ2v) is 11.2. The molecule has 154 valence electrons.